The Kier molecular flexibility index (Phi) is 3.80. The number of hydrogen-bond donors (Lipinski definition) is 2. The predicted octanol–water partition coefficient (Wildman–Crippen LogP) is 2.84. The van der Waals surface area contributed by atoms with Gasteiger partial charge in [-0.05, 0) is 18.2 Å². The van der Waals surface area contributed by atoms with Crippen molar-refractivity contribution in [3.05, 3.63) is 34.9 Å². The maximum Gasteiger partial charge on any atom is 0.416 e. The van der Waals surface area contributed by atoms with Crippen LogP contribution >= 0.6 is 0 Å². The molecule has 9 heteroatoms. The maximum absolute atomic E-state index is 12.5. The Morgan fingerprint density at radius 1 is 1.05 bits per heavy atom. The molecule has 0 fully saturated rings. The van der Waals surface area contributed by atoms with Crippen molar-refractivity contribution in [2.75, 3.05) is 0 Å². The Balaban J connectivity index is 3.48. The summed E-state index contributed by atoms with van der Waals surface area (Å²) >= 11 is 0. The second-order valence-corrected chi connectivity index (χ2v) is 3.54. The third kappa shape index (κ3) is 3.37. The summed E-state index contributed by atoms with van der Waals surface area (Å²) in [5, 5.41) is 17.5. The molecule has 0 aliphatic heterocycles. The molecule has 0 aliphatic rings. The van der Waals surface area contributed by atoms with Crippen LogP contribution in [0.25, 0.3) is 0 Å². The van der Waals surface area contributed by atoms with Gasteiger partial charge in [-0.1, -0.05) is 0 Å². The van der Waals surface area contributed by atoms with E-state index >= 15 is 0 Å². The molecule has 1 aromatic carbocycles. The fraction of sp³-hybridized carbons (Fsp3) is 0.300. The van der Waals surface area contributed by atoms with Gasteiger partial charge < -0.3 is 10.2 Å². The molecule has 1 rings (SSSR count). The second-order valence-electron chi connectivity index (χ2n) is 3.54. The van der Waals surface area contributed by atoms with Crippen LogP contribution in [0.3, 0.4) is 0 Å². The Bertz CT molecular complexity index is 491. The smallest absolute Gasteiger partial charge is 0.416 e. The Morgan fingerprint density at radius 3 is 1.95 bits per heavy atom. The van der Waals surface area contributed by atoms with Crippen LogP contribution in [0.1, 0.15) is 22.8 Å². The van der Waals surface area contributed by atoms with Gasteiger partial charge in [-0.2, -0.15) is 26.3 Å². The van der Waals surface area contributed by atoms with Crippen molar-refractivity contribution < 1.29 is 41.4 Å². The molecular formula is C10H6F6O3. The van der Waals surface area contributed by atoms with Crippen LogP contribution in [0.5, 0.6) is 0 Å². The van der Waals surface area contributed by atoms with Gasteiger partial charge in [0.05, 0.1) is 11.1 Å². The van der Waals surface area contributed by atoms with Gasteiger partial charge in [0.15, 0.2) is 6.10 Å². The SMILES string of the molecule is O=C(O)[C@@H](O)c1cc(C(F)(F)F)ccc1C(F)(F)F. The largest absolute Gasteiger partial charge is 0.479 e. The first-order chi connectivity index (χ1) is 8.44. The lowest BCUT2D eigenvalue weighted by Crippen LogP contribution is -2.19. The highest BCUT2D eigenvalue weighted by Crippen LogP contribution is 2.38. The number of aliphatic carboxylic acids is 1. The first-order valence-corrected chi connectivity index (χ1v) is 4.64. The first-order valence-electron chi connectivity index (χ1n) is 4.64. The van der Waals surface area contributed by atoms with E-state index in [4.69, 9.17) is 10.2 Å². The standard InChI is InChI=1S/C10H6F6O3/c11-9(12,13)4-1-2-6(10(14,15)16)5(3-4)7(17)8(18)19/h1-3,7,17H,(H,18,19)/t7-/m0/s1. The van der Waals surface area contributed by atoms with Crippen LogP contribution in [-0.2, 0) is 17.1 Å². The number of carboxylic acid groups (broad SMARTS) is 1. The molecule has 0 spiro atoms. The summed E-state index contributed by atoms with van der Waals surface area (Å²) in [5.41, 5.74) is -4.46. The summed E-state index contributed by atoms with van der Waals surface area (Å²) < 4.78 is 74.6. The molecule has 19 heavy (non-hydrogen) atoms. The van der Waals surface area contributed by atoms with Crippen LogP contribution in [-0.4, -0.2) is 16.2 Å². The molecule has 0 unspecified atom stereocenters. The maximum atomic E-state index is 12.5. The third-order valence-electron chi connectivity index (χ3n) is 2.21. The van der Waals surface area contributed by atoms with Crippen molar-refractivity contribution in [2.45, 2.75) is 18.5 Å². The van der Waals surface area contributed by atoms with Gasteiger partial charge in [0.25, 0.3) is 0 Å². The molecule has 0 bridgehead atoms. The predicted molar refractivity (Wildman–Crippen MR) is 49.0 cm³/mol. The molecule has 1 atom stereocenters. The number of aliphatic hydroxyl groups is 1. The molecule has 0 radical (unpaired) electrons. The number of alkyl halides is 6. The first kappa shape index (κ1) is 15.3. The van der Waals surface area contributed by atoms with Crippen LogP contribution < -0.4 is 0 Å². The molecule has 0 aliphatic carbocycles. The molecule has 0 heterocycles. The lowest BCUT2D eigenvalue weighted by Gasteiger charge is -2.17. The van der Waals surface area contributed by atoms with Crippen LogP contribution in [0.4, 0.5) is 26.3 Å². The minimum atomic E-state index is -5.07. The average Bonchev–Trinajstić information content (AvgIpc) is 2.24. The number of halogens is 6. The van der Waals surface area contributed by atoms with Crippen molar-refractivity contribution in [1.82, 2.24) is 0 Å². The zero-order valence-corrected chi connectivity index (χ0v) is 8.88. The summed E-state index contributed by atoms with van der Waals surface area (Å²) in [4.78, 5) is 10.4. The van der Waals surface area contributed by atoms with Gasteiger partial charge in [-0.15, -0.1) is 0 Å². The molecule has 106 valence electrons. The fourth-order valence-electron chi connectivity index (χ4n) is 1.36. The normalized spacial score (nSPS) is 14.3. The van der Waals surface area contributed by atoms with Crippen molar-refractivity contribution >= 4 is 5.97 Å². The van der Waals surface area contributed by atoms with Crippen molar-refractivity contribution in [3.63, 3.8) is 0 Å². The quantitative estimate of drug-likeness (QED) is 0.823. The van der Waals surface area contributed by atoms with E-state index in [0.29, 0.717) is 0 Å². The summed E-state index contributed by atoms with van der Waals surface area (Å²) in [5.74, 6) is -2.08. The molecule has 0 saturated carbocycles. The number of rotatable bonds is 2. The monoisotopic (exact) mass is 288 g/mol. The highest BCUT2D eigenvalue weighted by Gasteiger charge is 2.39. The molecular weight excluding hydrogens is 282 g/mol. The van der Waals surface area contributed by atoms with Crippen LogP contribution in [0.2, 0.25) is 0 Å². The molecule has 1 aromatic rings. The van der Waals surface area contributed by atoms with Crippen molar-refractivity contribution in [3.8, 4) is 0 Å². The van der Waals surface area contributed by atoms with Gasteiger partial charge >= 0.3 is 18.3 Å². The summed E-state index contributed by atoms with van der Waals surface area (Å²) in [7, 11) is 0. The van der Waals surface area contributed by atoms with Crippen molar-refractivity contribution in [1.29, 1.82) is 0 Å². The molecule has 0 amide bonds. The van der Waals surface area contributed by atoms with Gasteiger partial charge in [-0.25, -0.2) is 4.79 Å². The highest BCUT2D eigenvalue weighted by molar-refractivity contribution is 5.74. The van der Waals surface area contributed by atoms with E-state index in [0.717, 1.165) is 0 Å². The fourth-order valence-corrected chi connectivity index (χ4v) is 1.36. The number of hydrogen-bond acceptors (Lipinski definition) is 2. The highest BCUT2D eigenvalue weighted by atomic mass is 19.4. The van der Waals surface area contributed by atoms with E-state index in [1.807, 2.05) is 0 Å². The Morgan fingerprint density at radius 2 is 1.58 bits per heavy atom. The second kappa shape index (κ2) is 4.72. The molecule has 2 N–H and O–H groups in total. The summed E-state index contributed by atoms with van der Waals surface area (Å²) in [6.07, 6.45) is -12.7. The van der Waals surface area contributed by atoms with Gasteiger partial charge in [0.2, 0.25) is 0 Å². The summed E-state index contributed by atoms with van der Waals surface area (Å²) in [6, 6.07) is 0.229. The minimum absolute atomic E-state index is 0.0262. The number of carboxylic acids is 1. The van der Waals surface area contributed by atoms with Crippen LogP contribution in [0, 0.1) is 0 Å². The van der Waals surface area contributed by atoms with E-state index in [-0.39, 0.29) is 18.2 Å². The number of carbonyl (C=O) groups is 1. The van der Waals surface area contributed by atoms with E-state index in [1.165, 1.54) is 0 Å². The Hall–Kier alpha value is -1.77. The minimum Gasteiger partial charge on any atom is -0.479 e. The van der Waals surface area contributed by atoms with Gasteiger partial charge in [0, 0.05) is 5.56 Å². The van der Waals surface area contributed by atoms with Crippen molar-refractivity contribution in [2.24, 2.45) is 0 Å². The number of aliphatic hydroxyl groups excluding tert-OH is 1. The third-order valence-corrected chi connectivity index (χ3v) is 2.21. The summed E-state index contributed by atoms with van der Waals surface area (Å²) in [6.45, 7) is 0. The average molecular weight is 288 g/mol. The molecule has 0 saturated heterocycles. The Labute approximate surface area is 102 Å². The topological polar surface area (TPSA) is 57.5 Å². The lowest BCUT2D eigenvalue weighted by molar-refractivity contribution is -0.150. The molecule has 0 aromatic heterocycles. The van der Waals surface area contributed by atoms with Gasteiger partial charge in [0.1, 0.15) is 0 Å². The van der Waals surface area contributed by atoms with Crippen LogP contribution in [0.15, 0.2) is 18.2 Å². The molecule has 3 nitrogen and oxygen atoms in total. The van der Waals surface area contributed by atoms with E-state index in [1.54, 1.807) is 0 Å². The van der Waals surface area contributed by atoms with E-state index in [9.17, 15) is 31.1 Å². The zero-order chi connectivity index (χ0) is 15.0. The number of benzene rings is 1. The van der Waals surface area contributed by atoms with E-state index in [2.05, 4.69) is 0 Å². The van der Waals surface area contributed by atoms with E-state index < -0.39 is 41.1 Å². The van der Waals surface area contributed by atoms with Gasteiger partial charge in [-0.3, -0.25) is 0 Å². The zero-order valence-electron chi connectivity index (χ0n) is 8.88. The lowest BCUT2D eigenvalue weighted by atomic mass is 9.98.